The summed E-state index contributed by atoms with van der Waals surface area (Å²) in [6.07, 6.45) is 5.07. The monoisotopic (exact) mass is 207 g/mol. The predicted octanol–water partition coefficient (Wildman–Crippen LogP) is 2.59. The van der Waals surface area contributed by atoms with E-state index >= 15 is 0 Å². The molecule has 3 rings (SSSR count). The maximum Gasteiger partial charge on any atom is 0.131 e. The molecule has 0 aliphatic heterocycles. The lowest BCUT2D eigenvalue weighted by Gasteiger charge is -2.06. The Labute approximate surface area is 88.0 Å². The van der Waals surface area contributed by atoms with E-state index in [2.05, 4.69) is 15.3 Å². The first-order valence-corrected chi connectivity index (χ1v) is 5.60. The Balaban J connectivity index is 1.89. The number of rotatable bonds is 3. The minimum absolute atomic E-state index is 0.637. The second-order valence-corrected chi connectivity index (χ2v) is 4.63. The fourth-order valence-corrected chi connectivity index (χ4v) is 1.77. The predicted molar refractivity (Wildman–Crippen MR) is 58.0 cm³/mol. The molecule has 0 atom stereocenters. The van der Waals surface area contributed by atoms with Gasteiger partial charge in [0.15, 0.2) is 0 Å². The lowest BCUT2D eigenvalue weighted by Crippen LogP contribution is -2.05. The average Bonchev–Trinajstić information content (AvgIpc) is 2.99. The molecule has 1 heterocycles. The first-order chi connectivity index (χ1) is 6.81. The lowest BCUT2D eigenvalue weighted by atomic mass is 10.4. The van der Waals surface area contributed by atoms with Crippen molar-refractivity contribution in [1.82, 2.24) is 9.97 Å². The molecule has 2 aliphatic carbocycles. The standard InChI is InChI=1S/C10H13N3S/c14-9-5-8(11-7-3-4-7)12-10(13-9)6-1-2-6/h5-7H,1-4H2,(H2,11,12,13,14). The van der Waals surface area contributed by atoms with Crippen molar-refractivity contribution >= 4 is 18.0 Å². The summed E-state index contributed by atoms with van der Waals surface area (Å²) in [6, 6.07) is 2.58. The summed E-state index contributed by atoms with van der Waals surface area (Å²) in [5.41, 5.74) is 0. The molecule has 4 heteroatoms. The highest BCUT2D eigenvalue weighted by Gasteiger charge is 2.27. The van der Waals surface area contributed by atoms with Gasteiger partial charge in [0.2, 0.25) is 0 Å². The van der Waals surface area contributed by atoms with Gasteiger partial charge in [-0.2, -0.15) is 0 Å². The molecule has 0 aromatic carbocycles. The molecule has 2 aliphatic rings. The van der Waals surface area contributed by atoms with E-state index in [-0.39, 0.29) is 0 Å². The zero-order chi connectivity index (χ0) is 9.54. The maximum absolute atomic E-state index is 5.14. The van der Waals surface area contributed by atoms with Gasteiger partial charge >= 0.3 is 0 Å². The van der Waals surface area contributed by atoms with Crippen LogP contribution in [0, 0.1) is 4.64 Å². The van der Waals surface area contributed by atoms with Gasteiger partial charge in [0.1, 0.15) is 16.3 Å². The van der Waals surface area contributed by atoms with E-state index in [0.29, 0.717) is 16.6 Å². The zero-order valence-corrected chi connectivity index (χ0v) is 8.73. The van der Waals surface area contributed by atoms with Gasteiger partial charge in [-0.1, -0.05) is 12.2 Å². The Bertz CT molecular complexity index is 404. The fraction of sp³-hybridized carbons (Fsp3) is 0.600. The molecule has 74 valence electrons. The first-order valence-electron chi connectivity index (χ1n) is 5.19. The van der Waals surface area contributed by atoms with Crippen LogP contribution in [0.5, 0.6) is 0 Å². The van der Waals surface area contributed by atoms with Gasteiger partial charge < -0.3 is 10.3 Å². The summed E-state index contributed by atoms with van der Waals surface area (Å²) in [4.78, 5) is 7.67. The molecule has 0 unspecified atom stereocenters. The van der Waals surface area contributed by atoms with Crippen LogP contribution in [0.2, 0.25) is 0 Å². The van der Waals surface area contributed by atoms with Crippen LogP contribution in [-0.4, -0.2) is 16.0 Å². The second-order valence-electron chi connectivity index (χ2n) is 4.21. The molecule has 2 N–H and O–H groups in total. The number of hydrogen-bond acceptors (Lipinski definition) is 3. The van der Waals surface area contributed by atoms with Crippen LogP contribution >= 0.6 is 12.2 Å². The number of H-pyrrole nitrogens is 1. The van der Waals surface area contributed by atoms with Crippen LogP contribution in [0.1, 0.15) is 37.4 Å². The van der Waals surface area contributed by atoms with Gasteiger partial charge in [-0.05, 0) is 25.7 Å². The third-order valence-electron chi connectivity index (χ3n) is 2.66. The average molecular weight is 207 g/mol. The number of aromatic nitrogens is 2. The minimum Gasteiger partial charge on any atom is -0.369 e. The highest BCUT2D eigenvalue weighted by molar-refractivity contribution is 7.71. The van der Waals surface area contributed by atoms with Crippen molar-refractivity contribution in [3.63, 3.8) is 0 Å². The maximum atomic E-state index is 5.14. The molecule has 0 bridgehead atoms. The Hall–Kier alpha value is -0.900. The molecule has 1 aromatic rings. The Morgan fingerprint density at radius 2 is 2.14 bits per heavy atom. The van der Waals surface area contributed by atoms with Crippen LogP contribution in [0.25, 0.3) is 0 Å². The molecule has 2 fully saturated rings. The lowest BCUT2D eigenvalue weighted by molar-refractivity contribution is 0.914. The Morgan fingerprint density at radius 3 is 2.79 bits per heavy atom. The SMILES string of the molecule is S=c1cc(NC2CC2)[nH]c(C2CC2)n1. The number of anilines is 1. The number of hydrogen-bond donors (Lipinski definition) is 2. The molecule has 14 heavy (non-hydrogen) atoms. The number of nitrogens with zero attached hydrogens (tertiary/aromatic N) is 1. The van der Waals surface area contributed by atoms with E-state index < -0.39 is 0 Å². The molecular weight excluding hydrogens is 194 g/mol. The summed E-state index contributed by atoms with van der Waals surface area (Å²) < 4.78 is 0.703. The highest BCUT2D eigenvalue weighted by atomic mass is 32.1. The van der Waals surface area contributed by atoms with Gasteiger partial charge in [0.25, 0.3) is 0 Å². The van der Waals surface area contributed by atoms with Crippen molar-refractivity contribution in [2.24, 2.45) is 0 Å². The van der Waals surface area contributed by atoms with Gasteiger partial charge in [-0.25, -0.2) is 4.98 Å². The van der Waals surface area contributed by atoms with Crippen LogP contribution in [0.15, 0.2) is 6.07 Å². The van der Waals surface area contributed by atoms with Crippen LogP contribution in [0.3, 0.4) is 0 Å². The van der Waals surface area contributed by atoms with Crippen molar-refractivity contribution in [3.05, 3.63) is 16.5 Å². The van der Waals surface area contributed by atoms with Gasteiger partial charge in [0, 0.05) is 18.0 Å². The summed E-state index contributed by atoms with van der Waals surface area (Å²) in [6.45, 7) is 0. The number of aromatic amines is 1. The normalized spacial score (nSPS) is 20.9. The quantitative estimate of drug-likeness (QED) is 0.748. The van der Waals surface area contributed by atoms with Crippen LogP contribution in [-0.2, 0) is 0 Å². The van der Waals surface area contributed by atoms with Crippen molar-refractivity contribution in [1.29, 1.82) is 0 Å². The van der Waals surface area contributed by atoms with Crippen molar-refractivity contribution in [2.75, 3.05) is 5.32 Å². The first kappa shape index (κ1) is 8.41. The molecular formula is C10H13N3S. The van der Waals surface area contributed by atoms with Crippen molar-refractivity contribution in [2.45, 2.75) is 37.6 Å². The minimum atomic E-state index is 0.637. The zero-order valence-electron chi connectivity index (χ0n) is 7.92. The molecule has 2 saturated carbocycles. The molecule has 0 radical (unpaired) electrons. The van der Waals surface area contributed by atoms with Crippen LogP contribution in [0.4, 0.5) is 5.82 Å². The van der Waals surface area contributed by atoms with Gasteiger partial charge in [-0.3, -0.25) is 0 Å². The van der Waals surface area contributed by atoms with Crippen LogP contribution < -0.4 is 5.32 Å². The topological polar surface area (TPSA) is 40.7 Å². The molecule has 0 saturated heterocycles. The van der Waals surface area contributed by atoms with E-state index in [1.165, 1.54) is 25.7 Å². The van der Waals surface area contributed by atoms with Gasteiger partial charge in [0.05, 0.1) is 0 Å². The van der Waals surface area contributed by atoms with E-state index in [1.54, 1.807) is 0 Å². The van der Waals surface area contributed by atoms with E-state index in [0.717, 1.165) is 11.6 Å². The molecule has 0 spiro atoms. The van der Waals surface area contributed by atoms with E-state index in [4.69, 9.17) is 12.2 Å². The summed E-state index contributed by atoms with van der Waals surface area (Å²) in [5, 5.41) is 3.42. The van der Waals surface area contributed by atoms with E-state index in [9.17, 15) is 0 Å². The third-order valence-corrected chi connectivity index (χ3v) is 2.87. The molecule has 0 amide bonds. The van der Waals surface area contributed by atoms with E-state index in [1.807, 2.05) is 6.07 Å². The fourth-order valence-electron chi connectivity index (χ4n) is 1.55. The van der Waals surface area contributed by atoms with Gasteiger partial charge in [-0.15, -0.1) is 0 Å². The molecule has 1 aromatic heterocycles. The Morgan fingerprint density at radius 1 is 1.36 bits per heavy atom. The third kappa shape index (κ3) is 1.80. The smallest absolute Gasteiger partial charge is 0.131 e. The van der Waals surface area contributed by atoms with Crippen molar-refractivity contribution in [3.8, 4) is 0 Å². The highest BCUT2D eigenvalue weighted by Crippen LogP contribution is 2.38. The largest absolute Gasteiger partial charge is 0.369 e. The molecule has 3 nitrogen and oxygen atoms in total. The van der Waals surface area contributed by atoms with Crippen molar-refractivity contribution < 1.29 is 0 Å². The Kier molecular flexibility index (Phi) is 1.83. The number of nitrogens with one attached hydrogen (secondary N) is 2. The summed E-state index contributed by atoms with van der Waals surface area (Å²) in [5.74, 6) is 2.76. The summed E-state index contributed by atoms with van der Waals surface area (Å²) >= 11 is 5.14. The summed E-state index contributed by atoms with van der Waals surface area (Å²) in [7, 11) is 0. The second kappa shape index (κ2) is 3.05.